The summed E-state index contributed by atoms with van der Waals surface area (Å²) in [4.78, 5) is 0. The maximum absolute atomic E-state index is 7.43. The highest BCUT2D eigenvalue weighted by molar-refractivity contribution is 6.83. The molecule has 4 fully saturated rings. The molecule has 0 spiro atoms. The largest absolute Gasteiger partial charge is 0.635 e. The van der Waals surface area contributed by atoms with Crippen molar-refractivity contribution in [2.75, 3.05) is 0 Å². The van der Waals surface area contributed by atoms with E-state index in [2.05, 4.69) is 92.0 Å². The van der Waals surface area contributed by atoms with Gasteiger partial charge < -0.3 is 74.4 Å². The zero-order chi connectivity index (χ0) is 57.5. The van der Waals surface area contributed by atoms with Crippen LogP contribution in [0.5, 0.6) is 0 Å². The summed E-state index contributed by atoms with van der Waals surface area (Å²) in [5.41, 5.74) is 1.23. The Morgan fingerprint density at radius 3 is 1.11 bits per heavy atom. The van der Waals surface area contributed by atoms with Gasteiger partial charge in [0.2, 0.25) is 0 Å². The molecule has 4 saturated heterocycles. The lowest BCUT2D eigenvalue weighted by molar-refractivity contribution is 0.166. The van der Waals surface area contributed by atoms with Gasteiger partial charge in [-0.2, -0.15) is 0 Å². The molecule has 0 radical (unpaired) electrons. The highest BCUT2D eigenvalue weighted by atomic mass is 28.5. The molecule has 0 aromatic heterocycles. The van der Waals surface area contributed by atoms with Crippen molar-refractivity contribution in [1.82, 2.24) is 0 Å². The summed E-state index contributed by atoms with van der Waals surface area (Å²) in [6.07, 6.45) is 19.1. The van der Waals surface area contributed by atoms with Crippen LogP contribution in [-0.2, 0) is 74.4 Å². The fraction of sp³-hybridized carbons (Fsp3) is 1.00. The van der Waals surface area contributed by atoms with Crippen molar-refractivity contribution in [1.29, 1.82) is 0 Å². The van der Waals surface area contributed by atoms with Crippen molar-refractivity contribution in [3.8, 4) is 0 Å². The molecule has 0 bridgehead atoms. The molecule has 79 heavy (non-hydrogen) atoms. The summed E-state index contributed by atoms with van der Waals surface area (Å²) in [5, 5.41) is 0. The molecule has 38 heteroatoms. The first kappa shape index (κ1) is 75.1. The fourth-order valence-corrected chi connectivity index (χ4v) is 78.1. The lowest BCUT2D eigenvalue weighted by atomic mass is 10.2. The number of hydrogen-bond acceptors (Lipinski definition) is 18. The van der Waals surface area contributed by atoms with E-state index in [9.17, 15) is 0 Å². The fourth-order valence-electron chi connectivity index (χ4n) is 10.9. The van der Waals surface area contributed by atoms with E-state index in [0.29, 0.717) is 0 Å². The smallest absolute Gasteiger partial charge is 0.442 e. The van der Waals surface area contributed by atoms with Gasteiger partial charge in [0, 0.05) is 6.10 Å². The first-order valence-electron chi connectivity index (χ1n) is 31.5. The summed E-state index contributed by atoms with van der Waals surface area (Å²) in [6, 6.07) is 9.77. The van der Waals surface area contributed by atoms with Crippen LogP contribution in [0.4, 0.5) is 0 Å². The van der Waals surface area contributed by atoms with E-state index in [-0.39, 0.29) is 6.10 Å². The van der Waals surface area contributed by atoms with Crippen molar-refractivity contribution < 1.29 is 74.4 Å². The Kier molecular flexibility index (Phi) is 41.2. The van der Waals surface area contributed by atoms with Gasteiger partial charge in [-0.15, -0.1) is 0 Å². The highest BCUT2D eigenvalue weighted by Crippen LogP contribution is 2.27. The first-order valence-corrected chi connectivity index (χ1v) is 72.2. The van der Waals surface area contributed by atoms with Gasteiger partial charge in [0.15, 0.2) is 64.7 Å². The molecule has 0 aromatic rings. The van der Waals surface area contributed by atoms with Crippen molar-refractivity contribution in [3.05, 3.63) is 0 Å². The maximum Gasteiger partial charge on any atom is 0.635 e. The molecule has 468 valence electrons. The summed E-state index contributed by atoms with van der Waals surface area (Å²) in [7, 11) is -31.6. The van der Waals surface area contributed by atoms with Gasteiger partial charge in [-0.05, 0) is 152 Å². The Labute approximate surface area is 516 Å². The Hall–Kier alpha value is 3.62. The van der Waals surface area contributed by atoms with Gasteiger partial charge in [0.25, 0.3) is 74.3 Å². The molecule has 0 aliphatic carbocycles. The SMILES string of the molecule is CC1C[SiH](C)O[SiH](C)O[SiH](CCCCCC[SiH2]O[Si](O[SiH2]CCCCCC[SiH]2O[SiH](C)C[SiH](C)O[SiH](C)O2)(O[SiH2]CCCCCC[SiH]2O[SiH](C)O[SiH](C)O[SiH](C)O2)O[Si](C)(C)CCCCCC[SiH]2O[SiH](C)O[SiH](C)O[SiH](C)O2)O1. The van der Waals surface area contributed by atoms with Crippen molar-refractivity contribution in [2.45, 2.75) is 261 Å². The average Bonchev–Trinajstić information content (AvgIpc) is 3.33. The van der Waals surface area contributed by atoms with E-state index in [0.717, 1.165) is 73.7 Å². The second-order valence-corrected chi connectivity index (χ2v) is 72.5. The lowest BCUT2D eigenvalue weighted by Gasteiger charge is -2.36. The second kappa shape index (κ2) is 43.4. The molecule has 4 aliphatic rings. The van der Waals surface area contributed by atoms with Crippen LogP contribution < -0.4 is 0 Å². The number of unbranched alkanes of at least 4 members (excludes halogenated alkanes) is 12. The molecule has 13 atom stereocenters. The predicted octanol–water partition coefficient (Wildman–Crippen LogP) is 4.40. The second-order valence-electron chi connectivity index (χ2n) is 23.4. The molecule has 4 rings (SSSR count). The van der Waals surface area contributed by atoms with Crippen LogP contribution in [0.15, 0.2) is 0 Å². The van der Waals surface area contributed by atoms with E-state index >= 15 is 0 Å². The maximum atomic E-state index is 7.43. The molecule has 4 aliphatic heterocycles. The summed E-state index contributed by atoms with van der Waals surface area (Å²) in [6.45, 7) is 31.0. The third kappa shape index (κ3) is 36.2. The minimum absolute atomic E-state index is 0.268. The Balaban J connectivity index is 1.33. The van der Waals surface area contributed by atoms with Crippen LogP contribution in [0, 0.1) is 0 Å². The molecular weight excluding hydrogens is 1340 g/mol. The van der Waals surface area contributed by atoms with Crippen LogP contribution >= 0.6 is 0 Å². The van der Waals surface area contributed by atoms with Gasteiger partial charge in [0.05, 0.1) is 0 Å². The first-order chi connectivity index (χ1) is 37.7. The van der Waals surface area contributed by atoms with Crippen LogP contribution in [0.3, 0.4) is 0 Å². The Morgan fingerprint density at radius 2 is 0.684 bits per heavy atom. The lowest BCUT2D eigenvalue weighted by Crippen LogP contribution is -2.57. The molecule has 13 unspecified atom stereocenters. The van der Waals surface area contributed by atoms with Gasteiger partial charge >= 0.3 is 46.2 Å². The molecule has 18 nitrogen and oxygen atoms in total. The zero-order valence-corrected chi connectivity index (χ0v) is 75.7. The standard InChI is InChI=1S/C41H116O18Si20/c1-41-39-63(2)46-66(5)53-74(42-41)34-26-18-15-23-31-60-43-79(44-61-32-24-16-19-27-35-75-48-65(4)40-64(3)47-67(6)54-75,45-62-33-25-17-20-28-36-76-55-70(9)49-68(7)50-71(10)56-76)59-78(13,14)38-30-22-21-29-37-77-57-72(11)51-69(8)52-73(12)58-77/h41,63-77H,15-40,60-62H2,1-14H3. The van der Waals surface area contributed by atoms with Gasteiger partial charge in [-0.1, -0.05) is 103 Å². The molecule has 0 aromatic carbocycles. The van der Waals surface area contributed by atoms with Crippen molar-refractivity contribution >= 4 is 185 Å². The van der Waals surface area contributed by atoms with E-state index in [1.165, 1.54) is 89.1 Å². The molecule has 0 amide bonds. The monoisotopic (exact) mass is 1460 g/mol. The summed E-state index contributed by atoms with van der Waals surface area (Å²) >= 11 is 0. The van der Waals surface area contributed by atoms with Crippen LogP contribution in [0.25, 0.3) is 0 Å². The Morgan fingerprint density at radius 1 is 0.367 bits per heavy atom. The topological polar surface area (TPSA) is 166 Å². The highest BCUT2D eigenvalue weighted by Gasteiger charge is 2.48. The molecule has 0 saturated carbocycles. The molecule has 0 N–H and O–H groups in total. The molecular formula is C41H116O18Si20. The third-order valence-corrected chi connectivity index (χ3v) is 77.9. The average molecular weight is 1460 g/mol. The predicted molar refractivity (Wildman–Crippen MR) is 372 cm³/mol. The Bertz CT molecular complexity index is 1380. The quantitative estimate of drug-likeness (QED) is 0.0640. The minimum atomic E-state index is -3.33. The number of rotatable bonds is 36. The van der Waals surface area contributed by atoms with E-state index in [1.807, 2.05) is 0 Å². The van der Waals surface area contributed by atoms with Crippen LogP contribution in [0.2, 0.25) is 145 Å². The van der Waals surface area contributed by atoms with E-state index < -0.39 is 185 Å². The number of hydrogen-bond donors (Lipinski definition) is 0. The van der Waals surface area contributed by atoms with E-state index in [4.69, 9.17) is 74.4 Å². The van der Waals surface area contributed by atoms with Gasteiger partial charge in [-0.25, -0.2) is 0 Å². The van der Waals surface area contributed by atoms with E-state index in [1.54, 1.807) is 0 Å². The summed E-state index contributed by atoms with van der Waals surface area (Å²) < 4.78 is 118. The zero-order valence-electron chi connectivity index (χ0n) is 52.1. The summed E-state index contributed by atoms with van der Waals surface area (Å²) in [5.74, 6) is 0. The normalized spacial score (nSPS) is 34.3. The van der Waals surface area contributed by atoms with Crippen molar-refractivity contribution in [3.63, 3.8) is 0 Å². The van der Waals surface area contributed by atoms with Gasteiger partial charge in [-0.3, -0.25) is 0 Å². The molecule has 4 heterocycles. The van der Waals surface area contributed by atoms with Gasteiger partial charge in [0.1, 0.15) is 0 Å². The van der Waals surface area contributed by atoms with Crippen molar-refractivity contribution in [2.24, 2.45) is 0 Å². The van der Waals surface area contributed by atoms with Crippen LogP contribution in [0.1, 0.15) is 110 Å². The minimum Gasteiger partial charge on any atom is -0.442 e. The third-order valence-electron chi connectivity index (χ3n) is 14.5. The van der Waals surface area contributed by atoms with Crippen LogP contribution in [-0.4, -0.2) is 191 Å².